The molecule has 1 heterocycles. The van der Waals surface area contributed by atoms with Crippen LogP contribution in [0.25, 0.3) is 0 Å². The Morgan fingerprint density at radius 2 is 2.18 bits per heavy atom. The Kier molecular flexibility index (Phi) is 3.77. The van der Waals surface area contributed by atoms with Crippen molar-refractivity contribution in [3.63, 3.8) is 0 Å². The number of carbonyl (C=O) groups is 1. The predicted molar refractivity (Wildman–Crippen MR) is 65.3 cm³/mol. The van der Waals surface area contributed by atoms with Gasteiger partial charge in [0, 0.05) is 27.2 Å². The summed E-state index contributed by atoms with van der Waals surface area (Å²) >= 11 is 0. The second-order valence-electron chi connectivity index (χ2n) is 3.89. The quantitative estimate of drug-likeness (QED) is 0.757. The number of pyridine rings is 1. The highest BCUT2D eigenvalue weighted by Gasteiger charge is 2.19. The van der Waals surface area contributed by atoms with Crippen LogP contribution in [0.15, 0.2) is 17.1 Å². The van der Waals surface area contributed by atoms with Crippen molar-refractivity contribution in [1.29, 1.82) is 0 Å². The van der Waals surface area contributed by atoms with Gasteiger partial charge in [0.1, 0.15) is 11.9 Å². The van der Waals surface area contributed by atoms with Gasteiger partial charge in [-0.3, -0.25) is 9.59 Å². The lowest BCUT2D eigenvalue weighted by atomic mass is 10.2. The first kappa shape index (κ1) is 13.1. The topological polar surface area (TPSA) is 74.6 Å². The highest BCUT2D eigenvalue weighted by molar-refractivity contribution is 5.84. The van der Waals surface area contributed by atoms with Gasteiger partial charge in [-0.05, 0) is 6.92 Å². The molecule has 94 valence electrons. The Morgan fingerprint density at radius 1 is 1.59 bits per heavy atom. The fourth-order valence-electron chi connectivity index (χ4n) is 1.54. The number of aromatic hydroxyl groups is 1. The SMILES string of the molecule is CNC(=O)[C@H](C)N(C)c1cc(=O)c(O)cn1C. The molecule has 0 radical (unpaired) electrons. The van der Waals surface area contributed by atoms with E-state index in [9.17, 15) is 14.7 Å². The number of hydrogen-bond acceptors (Lipinski definition) is 4. The number of aromatic nitrogens is 1. The number of anilines is 1. The molecule has 0 bridgehead atoms. The van der Waals surface area contributed by atoms with E-state index in [4.69, 9.17) is 0 Å². The molecule has 0 aliphatic carbocycles. The van der Waals surface area contributed by atoms with Gasteiger partial charge < -0.3 is 19.9 Å². The van der Waals surface area contributed by atoms with Crippen molar-refractivity contribution in [3.8, 4) is 5.75 Å². The second kappa shape index (κ2) is 4.90. The summed E-state index contributed by atoms with van der Waals surface area (Å²) in [4.78, 5) is 24.5. The molecule has 1 amide bonds. The average molecular weight is 239 g/mol. The van der Waals surface area contributed by atoms with E-state index in [1.165, 1.54) is 12.3 Å². The third-order valence-electron chi connectivity index (χ3n) is 2.76. The van der Waals surface area contributed by atoms with Crippen LogP contribution in [-0.2, 0) is 11.8 Å². The van der Waals surface area contributed by atoms with E-state index < -0.39 is 11.5 Å². The molecule has 1 aromatic heterocycles. The third-order valence-corrected chi connectivity index (χ3v) is 2.76. The second-order valence-corrected chi connectivity index (χ2v) is 3.89. The first-order valence-corrected chi connectivity index (χ1v) is 5.22. The Morgan fingerprint density at radius 3 is 2.71 bits per heavy atom. The van der Waals surface area contributed by atoms with E-state index in [1.807, 2.05) is 0 Å². The van der Waals surface area contributed by atoms with Gasteiger partial charge in [-0.2, -0.15) is 0 Å². The summed E-state index contributed by atoms with van der Waals surface area (Å²) in [6, 6.07) is 0.893. The molecule has 0 aliphatic heterocycles. The van der Waals surface area contributed by atoms with E-state index in [1.54, 1.807) is 37.5 Å². The Bertz CT molecular complexity index is 481. The highest BCUT2D eigenvalue weighted by atomic mass is 16.3. The molecular weight excluding hydrogens is 222 g/mol. The highest BCUT2D eigenvalue weighted by Crippen LogP contribution is 2.14. The van der Waals surface area contributed by atoms with Gasteiger partial charge in [0.25, 0.3) is 0 Å². The van der Waals surface area contributed by atoms with Crippen molar-refractivity contribution < 1.29 is 9.90 Å². The van der Waals surface area contributed by atoms with Gasteiger partial charge in [0.2, 0.25) is 11.3 Å². The summed E-state index contributed by atoms with van der Waals surface area (Å²) in [5.41, 5.74) is -0.464. The van der Waals surface area contributed by atoms with Crippen molar-refractivity contribution in [3.05, 3.63) is 22.5 Å². The number of nitrogens with zero attached hydrogens (tertiary/aromatic N) is 2. The zero-order chi connectivity index (χ0) is 13.2. The largest absolute Gasteiger partial charge is 0.503 e. The monoisotopic (exact) mass is 239 g/mol. The first-order chi connectivity index (χ1) is 7.88. The number of aryl methyl sites for hydroxylation is 1. The number of nitrogens with one attached hydrogen (secondary N) is 1. The fraction of sp³-hybridized carbons (Fsp3) is 0.455. The van der Waals surface area contributed by atoms with E-state index >= 15 is 0 Å². The normalized spacial score (nSPS) is 12.0. The smallest absolute Gasteiger partial charge is 0.242 e. The lowest BCUT2D eigenvalue weighted by Gasteiger charge is -2.27. The molecule has 1 aromatic rings. The van der Waals surface area contributed by atoms with Gasteiger partial charge in [-0.15, -0.1) is 0 Å². The van der Waals surface area contributed by atoms with Gasteiger partial charge in [-0.1, -0.05) is 0 Å². The van der Waals surface area contributed by atoms with Crippen molar-refractivity contribution in [2.75, 3.05) is 19.0 Å². The molecular formula is C11H17N3O3. The molecule has 0 fully saturated rings. The minimum absolute atomic E-state index is 0.145. The molecule has 0 aliphatic rings. The third kappa shape index (κ3) is 2.58. The van der Waals surface area contributed by atoms with Crippen LogP contribution in [0.2, 0.25) is 0 Å². The zero-order valence-electron chi connectivity index (χ0n) is 10.4. The molecule has 17 heavy (non-hydrogen) atoms. The fourth-order valence-corrected chi connectivity index (χ4v) is 1.54. The van der Waals surface area contributed by atoms with Crippen molar-refractivity contribution in [2.24, 2.45) is 7.05 Å². The molecule has 6 nitrogen and oxygen atoms in total. The molecule has 0 spiro atoms. The van der Waals surface area contributed by atoms with Gasteiger partial charge >= 0.3 is 0 Å². The molecule has 0 saturated carbocycles. The van der Waals surface area contributed by atoms with Crippen LogP contribution in [0.4, 0.5) is 5.82 Å². The molecule has 0 aromatic carbocycles. The molecule has 1 rings (SSSR count). The summed E-state index contributed by atoms with van der Waals surface area (Å²) in [6.45, 7) is 1.73. The number of rotatable bonds is 3. The molecule has 1 atom stereocenters. The van der Waals surface area contributed by atoms with Crippen LogP contribution in [0.3, 0.4) is 0 Å². The van der Waals surface area contributed by atoms with Crippen LogP contribution < -0.4 is 15.6 Å². The summed E-state index contributed by atoms with van der Waals surface area (Å²) in [7, 11) is 4.97. The van der Waals surface area contributed by atoms with Gasteiger partial charge in [0.05, 0.1) is 6.20 Å². The maximum atomic E-state index is 11.5. The van der Waals surface area contributed by atoms with Gasteiger partial charge in [0.15, 0.2) is 5.75 Å². The summed E-state index contributed by atoms with van der Waals surface area (Å²) in [6.07, 6.45) is 1.32. The van der Waals surface area contributed by atoms with Crippen LogP contribution >= 0.6 is 0 Å². The summed E-state index contributed by atoms with van der Waals surface area (Å²) in [5.74, 6) is 0.106. The number of likely N-dealkylation sites (N-methyl/N-ethyl adjacent to an activating group) is 2. The molecule has 0 saturated heterocycles. The number of carbonyl (C=O) groups excluding carboxylic acids is 1. The predicted octanol–water partition coefficient (Wildman–Crippen LogP) is -0.338. The van der Waals surface area contributed by atoms with Crippen LogP contribution in [-0.4, -0.2) is 35.7 Å². The van der Waals surface area contributed by atoms with E-state index in [2.05, 4.69) is 5.32 Å². The van der Waals surface area contributed by atoms with Crippen LogP contribution in [0, 0.1) is 0 Å². The Hall–Kier alpha value is -1.98. The maximum absolute atomic E-state index is 11.5. The molecule has 6 heteroatoms. The number of amides is 1. The molecule has 2 N–H and O–H groups in total. The van der Waals surface area contributed by atoms with E-state index in [0.717, 1.165) is 0 Å². The Balaban J connectivity index is 3.12. The van der Waals surface area contributed by atoms with E-state index in [0.29, 0.717) is 5.82 Å². The maximum Gasteiger partial charge on any atom is 0.242 e. The minimum atomic E-state index is -0.464. The summed E-state index contributed by atoms with van der Waals surface area (Å²) < 4.78 is 1.59. The first-order valence-electron chi connectivity index (χ1n) is 5.22. The van der Waals surface area contributed by atoms with Gasteiger partial charge in [-0.25, -0.2) is 0 Å². The minimum Gasteiger partial charge on any atom is -0.503 e. The van der Waals surface area contributed by atoms with Crippen molar-refractivity contribution in [2.45, 2.75) is 13.0 Å². The lowest BCUT2D eigenvalue weighted by Crippen LogP contribution is -2.43. The van der Waals surface area contributed by atoms with Crippen molar-refractivity contribution in [1.82, 2.24) is 9.88 Å². The average Bonchev–Trinajstić information content (AvgIpc) is 2.31. The van der Waals surface area contributed by atoms with Crippen molar-refractivity contribution >= 4 is 11.7 Å². The zero-order valence-corrected chi connectivity index (χ0v) is 10.4. The number of hydrogen-bond donors (Lipinski definition) is 2. The van der Waals surface area contributed by atoms with Crippen LogP contribution in [0.1, 0.15) is 6.92 Å². The van der Waals surface area contributed by atoms with E-state index in [-0.39, 0.29) is 11.7 Å². The Labute approximate surface area is 99.5 Å². The lowest BCUT2D eigenvalue weighted by molar-refractivity contribution is -0.121. The summed E-state index contributed by atoms with van der Waals surface area (Å²) in [5, 5.41) is 11.8. The van der Waals surface area contributed by atoms with Crippen LogP contribution in [0.5, 0.6) is 5.75 Å². The molecule has 0 unspecified atom stereocenters. The standard InChI is InChI=1S/C11H17N3O3/c1-7(11(17)12-2)14(4)10-5-8(15)9(16)6-13(10)3/h5-7,16H,1-4H3,(H,12,17)/t7-/m0/s1.